The van der Waals surface area contributed by atoms with Gasteiger partial charge in [-0.05, 0) is 24.3 Å². The van der Waals surface area contributed by atoms with Gasteiger partial charge >= 0.3 is 0 Å². The van der Waals surface area contributed by atoms with Crippen LogP contribution in [0, 0.1) is 5.82 Å². The van der Waals surface area contributed by atoms with E-state index in [1.165, 1.54) is 6.07 Å². The van der Waals surface area contributed by atoms with Gasteiger partial charge in [-0.15, -0.1) is 0 Å². The predicted molar refractivity (Wildman–Crippen MR) is 76.7 cm³/mol. The average Bonchev–Trinajstić information content (AvgIpc) is 2.45. The van der Waals surface area contributed by atoms with Crippen molar-refractivity contribution in [3.8, 4) is 11.5 Å². The van der Waals surface area contributed by atoms with Crippen LogP contribution < -0.4 is 15.8 Å². The van der Waals surface area contributed by atoms with Gasteiger partial charge < -0.3 is 20.9 Å². The minimum Gasteiger partial charge on any atom is -0.507 e. The van der Waals surface area contributed by atoms with E-state index in [2.05, 4.69) is 5.32 Å². The smallest absolute Gasteiger partial charge is 0.255 e. The number of hydrogen-bond acceptors (Lipinski definition) is 4. The van der Waals surface area contributed by atoms with Crippen molar-refractivity contribution in [2.45, 2.75) is 0 Å². The predicted octanol–water partition coefficient (Wildman–Crippen LogP) is 1.92. The summed E-state index contributed by atoms with van der Waals surface area (Å²) < 4.78 is 18.2. The Bertz CT molecular complexity index is 647. The number of nitrogens with two attached hydrogens (primary N) is 1. The van der Waals surface area contributed by atoms with Crippen LogP contribution in [0.3, 0.4) is 0 Å². The first-order valence-electron chi connectivity index (χ1n) is 6.32. The molecule has 2 aromatic carbocycles. The summed E-state index contributed by atoms with van der Waals surface area (Å²) in [5.41, 5.74) is 6.23. The lowest BCUT2D eigenvalue weighted by Crippen LogP contribution is -2.28. The summed E-state index contributed by atoms with van der Waals surface area (Å²) in [5.74, 6) is -0.971. The number of halogens is 1. The molecule has 110 valence electrons. The van der Waals surface area contributed by atoms with Gasteiger partial charge in [0.25, 0.3) is 5.91 Å². The Morgan fingerprint density at radius 2 is 2.05 bits per heavy atom. The third kappa shape index (κ3) is 3.85. The van der Waals surface area contributed by atoms with Crippen molar-refractivity contribution in [2.75, 3.05) is 18.9 Å². The highest BCUT2D eigenvalue weighted by molar-refractivity contribution is 5.96. The van der Waals surface area contributed by atoms with E-state index in [9.17, 15) is 14.3 Å². The molecule has 0 aliphatic rings. The van der Waals surface area contributed by atoms with Crippen LogP contribution >= 0.6 is 0 Å². The Hall–Kier alpha value is -2.76. The number of carbonyl (C=O) groups is 1. The van der Waals surface area contributed by atoms with E-state index in [0.717, 1.165) is 12.1 Å². The van der Waals surface area contributed by atoms with Crippen LogP contribution in [0.2, 0.25) is 0 Å². The maximum atomic E-state index is 12.8. The summed E-state index contributed by atoms with van der Waals surface area (Å²) in [5, 5.41) is 12.0. The van der Waals surface area contributed by atoms with Gasteiger partial charge in [-0.25, -0.2) is 4.39 Å². The van der Waals surface area contributed by atoms with Crippen LogP contribution in [-0.4, -0.2) is 24.2 Å². The van der Waals surface area contributed by atoms with E-state index in [4.69, 9.17) is 10.5 Å². The molecule has 5 nitrogen and oxygen atoms in total. The normalized spacial score (nSPS) is 10.1. The zero-order chi connectivity index (χ0) is 15.2. The number of benzene rings is 2. The number of phenolic OH excluding ortho intramolecular Hbond substituents is 1. The fourth-order valence-electron chi connectivity index (χ4n) is 1.73. The molecular formula is C15H15FN2O3. The van der Waals surface area contributed by atoms with E-state index in [0.29, 0.717) is 11.4 Å². The molecule has 4 N–H and O–H groups in total. The minimum atomic E-state index is -0.605. The zero-order valence-corrected chi connectivity index (χ0v) is 11.2. The average molecular weight is 290 g/mol. The molecule has 1 amide bonds. The van der Waals surface area contributed by atoms with Gasteiger partial charge in [0.1, 0.15) is 23.9 Å². The maximum absolute atomic E-state index is 12.8. The van der Waals surface area contributed by atoms with Gasteiger partial charge in [0.15, 0.2) is 0 Å². The summed E-state index contributed by atoms with van der Waals surface area (Å²) in [6.45, 7) is 0.450. The summed E-state index contributed by atoms with van der Waals surface area (Å²) in [6, 6.07) is 10.2. The number of aromatic hydroxyl groups is 1. The first-order valence-corrected chi connectivity index (χ1v) is 6.32. The monoisotopic (exact) mass is 290 g/mol. The topological polar surface area (TPSA) is 84.6 Å². The third-order valence-electron chi connectivity index (χ3n) is 2.77. The SMILES string of the molecule is Nc1ccccc1OCCNC(=O)c1ccc(F)cc1O. The molecule has 0 radical (unpaired) electrons. The second-order valence-corrected chi connectivity index (χ2v) is 4.30. The molecule has 0 aromatic heterocycles. The van der Waals surface area contributed by atoms with Crippen molar-refractivity contribution < 1.29 is 19.0 Å². The number of anilines is 1. The highest BCUT2D eigenvalue weighted by atomic mass is 19.1. The standard InChI is InChI=1S/C15H15FN2O3/c16-10-5-6-11(13(19)9-10)15(20)18-7-8-21-14-4-2-1-3-12(14)17/h1-6,9,19H,7-8,17H2,(H,18,20). The van der Waals surface area contributed by atoms with E-state index in [1.54, 1.807) is 24.3 Å². The van der Waals surface area contributed by atoms with Crippen molar-refractivity contribution in [1.29, 1.82) is 0 Å². The van der Waals surface area contributed by atoms with Gasteiger partial charge in [-0.3, -0.25) is 4.79 Å². The van der Waals surface area contributed by atoms with E-state index in [-0.39, 0.29) is 18.7 Å². The number of phenols is 1. The lowest BCUT2D eigenvalue weighted by atomic mass is 10.2. The molecule has 2 rings (SSSR count). The van der Waals surface area contributed by atoms with E-state index >= 15 is 0 Å². The third-order valence-corrected chi connectivity index (χ3v) is 2.77. The van der Waals surface area contributed by atoms with E-state index in [1.807, 2.05) is 0 Å². The van der Waals surface area contributed by atoms with Crippen molar-refractivity contribution in [3.63, 3.8) is 0 Å². The van der Waals surface area contributed by atoms with Crippen LogP contribution in [-0.2, 0) is 0 Å². The molecule has 0 heterocycles. The molecule has 21 heavy (non-hydrogen) atoms. The number of amides is 1. The van der Waals surface area contributed by atoms with Crippen LogP contribution in [0.15, 0.2) is 42.5 Å². The van der Waals surface area contributed by atoms with Gasteiger partial charge in [0, 0.05) is 6.07 Å². The quantitative estimate of drug-likeness (QED) is 0.580. The second kappa shape index (κ2) is 6.60. The van der Waals surface area contributed by atoms with Gasteiger partial charge in [0.05, 0.1) is 17.8 Å². The van der Waals surface area contributed by atoms with Crippen molar-refractivity contribution in [3.05, 3.63) is 53.8 Å². The first-order chi connectivity index (χ1) is 10.1. The summed E-state index contributed by atoms with van der Waals surface area (Å²) in [6.07, 6.45) is 0. The van der Waals surface area contributed by atoms with Crippen LogP contribution in [0.25, 0.3) is 0 Å². The van der Waals surface area contributed by atoms with Crippen LogP contribution in [0.5, 0.6) is 11.5 Å². The summed E-state index contributed by atoms with van der Waals surface area (Å²) in [4.78, 5) is 11.8. The molecule has 6 heteroatoms. The molecule has 0 unspecified atom stereocenters. The highest BCUT2D eigenvalue weighted by Gasteiger charge is 2.11. The van der Waals surface area contributed by atoms with Crippen LogP contribution in [0.1, 0.15) is 10.4 Å². The van der Waals surface area contributed by atoms with Crippen molar-refractivity contribution in [1.82, 2.24) is 5.32 Å². The van der Waals surface area contributed by atoms with Crippen molar-refractivity contribution in [2.24, 2.45) is 0 Å². The molecule has 2 aromatic rings. The highest BCUT2D eigenvalue weighted by Crippen LogP contribution is 2.19. The number of carbonyl (C=O) groups excluding carboxylic acids is 1. The maximum Gasteiger partial charge on any atom is 0.255 e. The Kier molecular flexibility index (Phi) is 4.61. The Morgan fingerprint density at radius 1 is 1.29 bits per heavy atom. The number of para-hydroxylation sites is 2. The number of hydrogen-bond donors (Lipinski definition) is 3. The number of nitrogens with one attached hydrogen (secondary N) is 1. The Morgan fingerprint density at radius 3 is 2.76 bits per heavy atom. The lowest BCUT2D eigenvalue weighted by Gasteiger charge is -2.10. The Balaban J connectivity index is 1.83. The largest absolute Gasteiger partial charge is 0.507 e. The fourth-order valence-corrected chi connectivity index (χ4v) is 1.73. The number of rotatable bonds is 5. The molecule has 0 saturated heterocycles. The molecule has 0 saturated carbocycles. The fraction of sp³-hybridized carbons (Fsp3) is 0.133. The number of ether oxygens (including phenoxy) is 1. The second-order valence-electron chi connectivity index (χ2n) is 4.30. The van der Waals surface area contributed by atoms with E-state index < -0.39 is 17.5 Å². The van der Waals surface area contributed by atoms with Crippen molar-refractivity contribution >= 4 is 11.6 Å². The lowest BCUT2D eigenvalue weighted by molar-refractivity contribution is 0.0944. The van der Waals surface area contributed by atoms with Gasteiger partial charge in [0.2, 0.25) is 0 Å². The molecule has 0 atom stereocenters. The summed E-state index contributed by atoms with van der Waals surface area (Å²) >= 11 is 0. The molecule has 0 aliphatic heterocycles. The molecule has 0 fully saturated rings. The molecule has 0 spiro atoms. The minimum absolute atomic E-state index is 0.00984. The van der Waals surface area contributed by atoms with Gasteiger partial charge in [-0.1, -0.05) is 12.1 Å². The first kappa shape index (κ1) is 14.6. The zero-order valence-electron chi connectivity index (χ0n) is 11.2. The molecular weight excluding hydrogens is 275 g/mol. The Labute approximate surface area is 121 Å². The van der Waals surface area contributed by atoms with Crippen LogP contribution in [0.4, 0.5) is 10.1 Å². The summed E-state index contributed by atoms with van der Waals surface area (Å²) in [7, 11) is 0. The molecule has 0 bridgehead atoms. The number of nitrogen functional groups attached to an aromatic ring is 1. The molecule has 0 aliphatic carbocycles. The van der Waals surface area contributed by atoms with Gasteiger partial charge in [-0.2, -0.15) is 0 Å².